The molecule has 2 aromatic heterocycles. The second-order valence-corrected chi connectivity index (χ2v) is 5.28. The summed E-state index contributed by atoms with van der Waals surface area (Å²) in [6.07, 6.45) is 5.87. The van der Waals surface area contributed by atoms with Crippen LogP contribution < -0.4 is 0 Å². The van der Waals surface area contributed by atoms with E-state index in [9.17, 15) is 4.79 Å². The van der Waals surface area contributed by atoms with Gasteiger partial charge in [0.05, 0.1) is 17.3 Å². The van der Waals surface area contributed by atoms with Gasteiger partial charge in [0, 0.05) is 17.8 Å². The van der Waals surface area contributed by atoms with Gasteiger partial charge in [-0.1, -0.05) is 12.1 Å². The normalized spacial score (nSPS) is 14.5. The van der Waals surface area contributed by atoms with Crippen LogP contribution in [0.4, 0.5) is 0 Å². The number of hydrogen-bond acceptors (Lipinski definition) is 3. The van der Waals surface area contributed by atoms with Crippen LogP contribution in [0, 0.1) is 0 Å². The van der Waals surface area contributed by atoms with E-state index in [1.54, 1.807) is 24.5 Å². The number of imidazole rings is 1. The van der Waals surface area contributed by atoms with Gasteiger partial charge in [-0.3, -0.25) is 4.98 Å². The molecule has 4 rings (SSSR count). The minimum absolute atomic E-state index is 0.287. The fourth-order valence-corrected chi connectivity index (χ4v) is 2.62. The molecule has 0 radical (unpaired) electrons. The highest BCUT2D eigenvalue weighted by Crippen LogP contribution is 2.41. The quantitative estimate of drug-likeness (QED) is 0.799. The lowest BCUT2D eigenvalue weighted by molar-refractivity contribution is 0.0697. The lowest BCUT2D eigenvalue weighted by Gasteiger charge is -2.07. The molecule has 2 heterocycles. The number of pyridine rings is 1. The van der Waals surface area contributed by atoms with Gasteiger partial charge in [-0.25, -0.2) is 9.78 Å². The first-order valence-electron chi connectivity index (χ1n) is 6.90. The lowest BCUT2D eigenvalue weighted by Crippen LogP contribution is -1.99. The van der Waals surface area contributed by atoms with Gasteiger partial charge in [-0.2, -0.15) is 0 Å². The van der Waals surface area contributed by atoms with E-state index >= 15 is 0 Å². The van der Waals surface area contributed by atoms with Gasteiger partial charge < -0.3 is 9.67 Å². The van der Waals surface area contributed by atoms with Crippen LogP contribution in [-0.2, 0) is 0 Å². The van der Waals surface area contributed by atoms with Crippen LogP contribution in [0.5, 0.6) is 0 Å². The molecule has 0 bridgehead atoms. The zero-order valence-corrected chi connectivity index (χ0v) is 11.2. The summed E-state index contributed by atoms with van der Waals surface area (Å²) in [4.78, 5) is 19.7. The molecule has 1 aliphatic rings. The molecular weight excluding hydrogens is 266 g/mol. The van der Waals surface area contributed by atoms with E-state index in [-0.39, 0.29) is 5.56 Å². The Bertz CT molecular complexity index is 832. The molecule has 1 aliphatic carbocycles. The van der Waals surface area contributed by atoms with Crippen molar-refractivity contribution >= 4 is 17.0 Å². The highest BCUT2D eigenvalue weighted by atomic mass is 16.4. The number of benzene rings is 1. The maximum atomic E-state index is 10.9. The van der Waals surface area contributed by atoms with Crippen molar-refractivity contribution in [2.24, 2.45) is 0 Å². The first-order chi connectivity index (χ1) is 10.2. The topological polar surface area (TPSA) is 68.0 Å². The van der Waals surface area contributed by atoms with E-state index in [1.807, 2.05) is 18.2 Å². The molecule has 21 heavy (non-hydrogen) atoms. The number of carboxylic acids is 1. The number of rotatable bonds is 3. The van der Waals surface area contributed by atoms with Crippen LogP contribution in [-0.4, -0.2) is 25.6 Å². The third-order valence-corrected chi connectivity index (χ3v) is 3.79. The van der Waals surface area contributed by atoms with Crippen molar-refractivity contribution in [3.63, 3.8) is 0 Å². The standard InChI is InChI=1S/C16H13N3O2/c20-16(21)11-3-1-10(2-4-11)15-18-13-9-17-8-7-14(13)19(15)12-5-6-12/h1-4,7-9,12H,5-6H2,(H,20,21). The van der Waals surface area contributed by atoms with Gasteiger partial charge in [0.2, 0.25) is 0 Å². The first kappa shape index (κ1) is 12.1. The van der Waals surface area contributed by atoms with Crippen molar-refractivity contribution in [2.45, 2.75) is 18.9 Å². The van der Waals surface area contributed by atoms with E-state index in [2.05, 4.69) is 14.5 Å². The lowest BCUT2D eigenvalue weighted by atomic mass is 10.1. The Hall–Kier alpha value is -2.69. The van der Waals surface area contributed by atoms with E-state index in [1.165, 1.54) is 0 Å². The predicted octanol–water partition coefficient (Wildman–Crippen LogP) is 3.13. The molecule has 5 nitrogen and oxygen atoms in total. The van der Waals surface area contributed by atoms with Gasteiger partial charge in [0.25, 0.3) is 0 Å². The van der Waals surface area contributed by atoms with Crippen molar-refractivity contribution in [1.29, 1.82) is 0 Å². The highest BCUT2D eigenvalue weighted by Gasteiger charge is 2.28. The molecule has 1 aromatic carbocycles. The smallest absolute Gasteiger partial charge is 0.335 e. The maximum Gasteiger partial charge on any atom is 0.335 e. The van der Waals surface area contributed by atoms with Crippen molar-refractivity contribution < 1.29 is 9.90 Å². The second kappa shape index (κ2) is 4.41. The van der Waals surface area contributed by atoms with E-state index < -0.39 is 5.97 Å². The first-order valence-corrected chi connectivity index (χ1v) is 6.90. The summed E-state index contributed by atoms with van der Waals surface area (Å²) < 4.78 is 2.24. The van der Waals surface area contributed by atoms with Gasteiger partial charge in [0.1, 0.15) is 11.3 Å². The van der Waals surface area contributed by atoms with E-state index in [4.69, 9.17) is 5.11 Å². The third kappa shape index (κ3) is 1.98. The summed E-state index contributed by atoms with van der Waals surface area (Å²) in [5.41, 5.74) is 3.18. The van der Waals surface area contributed by atoms with Crippen LogP contribution in [0.3, 0.4) is 0 Å². The van der Waals surface area contributed by atoms with Crippen LogP contribution in [0.2, 0.25) is 0 Å². The Kier molecular flexibility index (Phi) is 2.54. The Morgan fingerprint density at radius 3 is 2.62 bits per heavy atom. The number of hydrogen-bond donors (Lipinski definition) is 1. The Morgan fingerprint density at radius 1 is 1.19 bits per heavy atom. The van der Waals surface area contributed by atoms with Crippen LogP contribution in [0.25, 0.3) is 22.4 Å². The monoisotopic (exact) mass is 279 g/mol. The summed E-state index contributed by atoms with van der Waals surface area (Å²) in [7, 11) is 0. The molecule has 0 aliphatic heterocycles. The average Bonchev–Trinajstić information content (AvgIpc) is 3.27. The molecule has 1 N–H and O–H groups in total. The van der Waals surface area contributed by atoms with Crippen LogP contribution in [0.1, 0.15) is 29.2 Å². The maximum absolute atomic E-state index is 10.9. The fraction of sp³-hybridized carbons (Fsp3) is 0.188. The molecule has 1 fully saturated rings. The molecule has 1 saturated carbocycles. The Morgan fingerprint density at radius 2 is 1.95 bits per heavy atom. The van der Waals surface area contributed by atoms with Crippen LogP contribution >= 0.6 is 0 Å². The zero-order valence-electron chi connectivity index (χ0n) is 11.2. The summed E-state index contributed by atoms with van der Waals surface area (Å²) >= 11 is 0. The molecule has 0 unspecified atom stereocenters. The number of carboxylic acid groups (broad SMARTS) is 1. The van der Waals surface area contributed by atoms with Crippen molar-refractivity contribution in [3.05, 3.63) is 48.3 Å². The molecule has 5 heteroatoms. The number of fused-ring (bicyclic) bond motifs is 1. The average molecular weight is 279 g/mol. The molecule has 0 atom stereocenters. The van der Waals surface area contributed by atoms with Crippen molar-refractivity contribution in [2.75, 3.05) is 0 Å². The molecule has 3 aromatic rings. The predicted molar refractivity (Wildman–Crippen MR) is 78.2 cm³/mol. The molecule has 0 spiro atoms. The summed E-state index contributed by atoms with van der Waals surface area (Å²) in [6.45, 7) is 0. The van der Waals surface area contributed by atoms with E-state index in [0.29, 0.717) is 6.04 Å². The second-order valence-electron chi connectivity index (χ2n) is 5.28. The summed E-state index contributed by atoms with van der Waals surface area (Å²) in [5.74, 6) is -0.0288. The minimum atomic E-state index is -0.915. The number of aromatic carboxylic acids is 1. The van der Waals surface area contributed by atoms with Crippen molar-refractivity contribution in [3.8, 4) is 11.4 Å². The molecular formula is C16H13N3O2. The fourth-order valence-electron chi connectivity index (χ4n) is 2.62. The zero-order chi connectivity index (χ0) is 14.4. The van der Waals surface area contributed by atoms with Gasteiger partial charge in [0.15, 0.2) is 0 Å². The van der Waals surface area contributed by atoms with E-state index in [0.717, 1.165) is 35.3 Å². The Labute approximate surface area is 120 Å². The van der Waals surface area contributed by atoms with Gasteiger partial charge in [-0.15, -0.1) is 0 Å². The van der Waals surface area contributed by atoms with Crippen molar-refractivity contribution in [1.82, 2.24) is 14.5 Å². The van der Waals surface area contributed by atoms with Crippen LogP contribution in [0.15, 0.2) is 42.7 Å². The Balaban J connectivity index is 1.89. The highest BCUT2D eigenvalue weighted by molar-refractivity contribution is 5.88. The summed E-state index contributed by atoms with van der Waals surface area (Å²) in [6, 6.07) is 9.34. The molecule has 0 amide bonds. The largest absolute Gasteiger partial charge is 0.478 e. The summed E-state index contributed by atoms with van der Waals surface area (Å²) in [5, 5.41) is 8.98. The van der Waals surface area contributed by atoms with Gasteiger partial charge >= 0.3 is 5.97 Å². The SMILES string of the molecule is O=C(O)c1ccc(-c2nc3cnccc3n2C2CC2)cc1. The number of carbonyl (C=O) groups is 1. The molecule has 0 saturated heterocycles. The van der Waals surface area contributed by atoms with Gasteiger partial charge in [-0.05, 0) is 31.0 Å². The third-order valence-electron chi connectivity index (χ3n) is 3.79. The molecule has 104 valence electrons. The number of nitrogens with zero attached hydrogens (tertiary/aromatic N) is 3. The minimum Gasteiger partial charge on any atom is -0.478 e. The number of aromatic nitrogens is 3.